The van der Waals surface area contributed by atoms with Gasteiger partial charge in [-0.3, -0.25) is 10.2 Å². The molecule has 20 heavy (non-hydrogen) atoms. The highest BCUT2D eigenvalue weighted by Gasteiger charge is 1.98. The van der Waals surface area contributed by atoms with Crippen molar-refractivity contribution in [2.24, 2.45) is 16.2 Å². The number of carbonyl (C=O) groups excluding carboxylic acids is 1. The zero-order chi connectivity index (χ0) is 15.4. The standard InChI is InChI=1S/C9H12O.C4H7ClN4O/c1-3-8-4-6-9(10-2)7-5-8;5-3(10)1-2-4(6)8-9-7/h4-7H,3H2,1-2H3;1-2H2,(H3,6,7,8). The van der Waals surface area contributed by atoms with Crippen LogP contribution in [0.3, 0.4) is 0 Å². The molecule has 1 rings (SSSR count). The van der Waals surface area contributed by atoms with Gasteiger partial charge in [0.15, 0.2) is 0 Å². The average Bonchev–Trinajstić information content (AvgIpc) is 2.46. The number of nitrogens with two attached hydrogens (primary N) is 1. The van der Waals surface area contributed by atoms with Crippen LogP contribution in [-0.4, -0.2) is 18.2 Å². The van der Waals surface area contributed by atoms with E-state index in [0.717, 1.165) is 12.2 Å². The third kappa shape index (κ3) is 9.04. The highest BCUT2D eigenvalue weighted by molar-refractivity contribution is 6.63. The first-order chi connectivity index (χ1) is 9.53. The third-order valence-corrected chi connectivity index (χ3v) is 2.49. The zero-order valence-corrected chi connectivity index (χ0v) is 12.4. The van der Waals surface area contributed by atoms with Gasteiger partial charge in [-0.2, -0.15) is 0 Å². The highest BCUT2D eigenvalue weighted by atomic mass is 35.5. The molecular weight excluding hydrogens is 280 g/mol. The Morgan fingerprint density at radius 3 is 2.35 bits per heavy atom. The van der Waals surface area contributed by atoms with Crippen molar-refractivity contribution < 1.29 is 9.53 Å². The van der Waals surface area contributed by atoms with Crippen LogP contribution < -0.4 is 10.6 Å². The van der Waals surface area contributed by atoms with Crippen molar-refractivity contribution in [1.29, 1.82) is 5.41 Å². The normalized spacial score (nSPS) is 9.75. The lowest BCUT2D eigenvalue weighted by atomic mass is 10.2. The van der Waals surface area contributed by atoms with E-state index in [1.807, 2.05) is 12.1 Å². The average molecular weight is 299 g/mol. The van der Waals surface area contributed by atoms with Crippen molar-refractivity contribution in [2.75, 3.05) is 7.11 Å². The number of benzene rings is 1. The second kappa shape index (κ2) is 10.9. The van der Waals surface area contributed by atoms with Gasteiger partial charge in [0, 0.05) is 12.8 Å². The van der Waals surface area contributed by atoms with Crippen molar-refractivity contribution in [1.82, 2.24) is 0 Å². The van der Waals surface area contributed by atoms with E-state index in [9.17, 15) is 4.79 Å². The summed E-state index contributed by atoms with van der Waals surface area (Å²) in [6.07, 6.45) is 1.37. The Balaban J connectivity index is 0.000000361. The third-order valence-electron chi connectivity index (χ3n) is 2.30. The lowest BCUT2D eigenvalue weighted by Crippen LogP contribution is -1.95. The van der Waals surface area contributed by atoms with Gasteiger partial charge in [0.05, 0.1) is 7.11 Å². The quantitative estimate of drug-likeness (QED) is 0.218. The van der Waals surface area contributed by atoms with E-state index in [1.165, 1.54) is 5.56 Å². The van der Waals surface area contributed by atoms with Crippen molar-refractivity contribution in [2.45, 2.75) is 26.2 Å². The van der Waals surface area contributed by atoms with E-state index < -0.39 is 5.24 Å². The van der Waals surface area contributed by atoms with Crippen LogP contribution in [0.2, 0.25) is 0 Å². The summed E-state index contributed by atoms with van der Waals surface area (Å²) in [6, 6.07) is 8.13. The second-order valence-electron chi connectivity index (χ2n) is 3.72. The van der Waals surface area contributed by atoms with Crippen LogP contribution >= 0.6 is 11.6 Å². The summed E-state index contributed by atoms with van der Waals surface area (Å²) in [5.74, 6) is 5.52. The van der Waals surface area contributed by atoms with Crippen LogP contribution in [0, 0.1) is 5.41 Å². The monoisotopic (exact) mass is 298 g/mol. The van der Waals surface area contributed by atoms with Gasteiger partial charge in [0.25, 0.3) is 0 Å². The molecule has 1 aromatic carbocycles. The SMILES string of the molecule is CCc1ccc(OC)cc1.N=C(CCC(=O)Cl)N=NN. The summed E-state index contributed by atoms with van der Waals surface area (Å²) in [4.78, 5) is 10.1. The Kier molecular flexibility index (Phi) is 9.86. The van der Waals surface area contributed by atoms with Gasteiger partial charge in [-0.1, -0.05) is 24.3 Å². The molecule has 0 saturated carbocycles. The van der Waals surface area contributed by atoms with Gasteiger partial charge in [0.2, 0.25) is 5.24 Å². The molecule has 0 fully saturated rings. The number of methoxy groups -OCH3 is 1. The number of nitrogens with zero attached hydrogens (tertiary/aromatic N) is 2. The molecule has 0 aromatic heterocycles. The molecule has 0 bridgehead atoms. The minimum Gasteiger partial charge on any atom is -0.497 e. The van der Waals surface area contributed by atoms with Crippen molar-refractivity contribution in [3.8, 4) is 5.75 Å². The largest absolute Gasteiger partial charge is 0.497 e. The van der Waals surface area contributed by atoms with Gasteiger partial charge in [0.1, 0.15) is 11.6 Å². The molecule has 0 heterocycles. The second-order valence-corrected chi connectivity index (χ2v) is 4.14. The zero-order valence-electron chi connectivity index (χ0n) is 11.6. The minimum atomic E-state index is -0.489. The number of rotatable bonds is 5. The predicted molar refractivity (Wildman–Crippen MR) is 79.2 cm³/mol. The number of aryl methyl sites for hydroxylation is 1. The van der Waals surface area contributed by atoms with Crippen molar-refractivity contribution in [3.05, 3.63) is 29.8 Å². The molecule has 0 atom stereocenters. The van der Waals surface area contributed by atoms with E-state index >= 15 is 0 Å². The number of halogens is 1. The van der Waals surface area contributed by atoms with Crippen LogP contribution in [0.1, 0.15) is 25.3 Å². The van der Waals surface area contributed by atoms with Crippen molar-refractivity contribution in [3.63, 3.8) is 0 Å². The van der Waals surface area contributed by atoms with E-state index in [0.29, 0.717) is 0 Å². The first kappa shape index (κ1) is 18.0. The van der Waals surface area contributed by atoms with Gasteiger partial charge in [-0.05, 0) is 35.7 Å². The van der Waals surface area contributed by atoms with E-state index in [2.05, 4.69) is 35.2 Å². The molecule has 110 valence electrons. The van der Waals surface area contributed by atoms with Crippen LogP contribution in [0.5, 0.6) is 5.75 Å². The lowest BCUT2D eigenvalue weighted by Gasteiger charge is -1.99. The molecule has 0 aliphatic carbocycles. The van der Waals surface area contributed by atoms with Crippen LogP contribution in [0.25, 0.3) is 0 Å². The van der Waals surface area contributed by atoms with Crippen molar-refractivity contribution >= 4 is 22.7 Å². The minimum absolute atomic E-state index is 0.0449. The molecule has 7 heteroatoms. The fraction of sp³-hybridized carbons (Fsp3) is 0.385. The summed E-state index contributed by atoms with van der Waals surface area (Å²) in [5.41, 5.74) is 1.35. The van der Waals surface area contributed by atoms with Crippen LogP contribution in [0.15, 0.2) is 34.6 Å². The Labute approximate surface area is 123 Å². The Morgan fingerprint density at radius 2 is 1.95 bits per heavy atom. The summed E-state index contributed by atoms with van der Waals surface area (Å²) in [7, 11) is 1.68. The highest BCUT2D eigenvalue weighted by Crippen LogP contribution is 2.10. The molecule has 0 saturated heterocycles. The smallest absolute Gasteiger partial charge is 0.222 e. The molecule has 0 radical (unpaired) electrons. The lowest BCUT2D eigenvalue weighted by molar-refractivity contribution is -0.111. The van der Waals surface area contributed by atoms with E-state index in [1.54, 1.807) is 7.11 Å². The summed E-state index contributed by atoms with van der Waals surface area (Å²) >= 11 is 4.98. The first-order valence-electron chi connectivity index (χ1n) is 6.03. The molecule has 6 nitrogen and oxygen atoms in total. The summed E-state index contributed by atoms with van der Waals surface area (Å²) in [6.45, 7) is 2.14. The molecule has 1 aromatic rings. The first-order valence-corrected chi connectivity index (χ1v) is 6.40. The maximum atomic E-state index is 10.1. The molecule has 3 N–H and O–H groups in total. The van der Waals surface area contributed by atoms with Crippen LogP contribution in [-0.2, 0) is 11.2 Å². The van der Waals surface area contributed by atoms with Crippen LogP contribution in [0.4, 0.5) is 0 Å². The Morgan fingerprint density at radius 1 is 1.35 bits per heavy atom. The van der Waals surface area contributed by atoms with Gasteiger partial charge in [-0.15, -0.1) is 5.11 Å². The Hall–Kier alpha value is -1.95. The number of ether oxygens (including phenoxy) is 1. The molecule has 0 aliphatic rings. The Bertz CT molecular complexity index is 423. The number of hydrogen-bond donors (Lipinski definition) is 2. The van der Waals surface area contributed by atoms with E-state index in [-0.39, 0.29) is 18.7 Å². The maximum Gasteiger partial charge on any atom is 0.222 e. The number of nitrogens with one attached hydrogen (secondary N) is 1. The van der Waals surface area contributed by atoms with Gasteiger partial charge in [-0.25, -0.2) is 0 Å². The van der Waals surface area contributed by atoms with Gasteiger partial charge >= 0.3 is 0 Å². The van der Waals surface area contributed by atoms with Gasteiger partial charge < -0.3 is 10.6 Å². The fourth-order valence-corrected chi connectivity index (χ4v) is 1.29. The molecule has 0 unspecified atom stereocenters. The molecule has 0 amide bonds. The van der Waals surface area contributed by atoms with E-state index in [4.69, 9.17) is 21.7 Å². The molecule has 0 spiro atoms. The summed E-state index contributed by atoms with van der Waals surface area (Å²) in [5, 5.41) is 12.5. The number of amidine groups is 1. The fourth-order valence-electron chi connectivity index (χ4n) is 1.20. The molecule has 0 aliphatic heterocycles. The predicted octanol–water partition coefficient (Wildman–Crippen LogP) is 3.09. The number of carbonyl (C=O) groups is 1. The number of hydrogen-bond acceptors (Lipinski definition) is 4. The summed E-state index contributed by atoms with van der Waals surface area (Å²) < 4.78 is 5.01. The molecular formula is C13H19ClN4O2. The maximum absolute atomic E-state index is 10.1. The topological polar surface area (TPSA) is 101 Å².